The van der Waals surface area contributed by atoms with Crippen molar-refractivity contribution in [3.63, 3.8) is 0 Å². The third kappa shape index (κ3) is 1.75. The number of benzene rings is 2. The molecule has 0 amide bonds. The standard InChI is InChI=1S/C16H19N/c1-11-9-10-15(16(17)12-5-4-6-12)14-8-3-2-7-13(11)14/h2-3,7-10,12,16H,4-6,17H2,1H3/t16-/m0/s1. The van der Waals surface area contributed by atoms with Crippen LogP contribution in [-0.4, -0.2) is 0 Å². The van der Waals surface area contributed by atoms with Crippen LogP contribution in [0.4, 0.5) is 0 Å². The fourth-order valence-electron chi connectivity index (χ4n) is 2.82. The van der Waals surface area contributed by atoms with Gasteiger partial charge in [0, 0.05) is 6.04 Å². The monoisotopic (exact) mass is 225 g/mol. The summed E-state index contributed by atoms with van der Waals surface area (Å²) in [5.74, 6) is 0.695. The molecule has 1 fully saturated rings. The van der Waals surface area contributed by atoms with Crippen molar-refractivity contribution in [2.24, 2.45) is 11.7 Å². The van der Waals surface area contributed by atoms with Gasteiger partial charge in [-0.25, -0.2) is 0 Å². The van der Waals surface area contributed by atoms with E-state index in [0.717, 1.165) is 0 Å². The average molecular weight is 225 g/mol. The Kier molecular flexibility index (Phi) is 2.64. The van der Waals surface area contributed by atoms with Gasteiger partial charge in [0.25, 0.3) is 0 Å². The second-order valence-corrected chi connectivity index (χ2v) is 5.23. The third-order valence-corrected chi connectivity index (χ3v) is 4.19. The molecule has 2 aromatic carbocycles. The molecule has 0 aromatic heterocycles. The van der Waals surface area contributed by atoms with Gasteiger partial charge in [-0.2, -0.15) is 0 Å². The predicted octanol–water partition coefficient (Wildman–Crippen LogP) is 3.95. The van der Waals surface area contributed by atoms with Crippen LogP contribution in [0.25, 0.3) is 10.8 Å². The van der Waals surface area contributed by atoms with Crippen molar-refractivity contribution in [1.29, 1.82) is 0 Å². The summed E-state index contributed by atoms with van der Waals surface area (Å²) in [6.07, 6.45) is 3.94. The highest BCUT2D eigenvalue weighted by molar-refractivity contribution is 5.88. The van der Waals surface area contributed by atoms with Gasteiger partial charge in [0.2, 0.25) is 0 Å². The van der Waals surface area contributed by atoms with Gasteiger partial charge in [-0.3, -0.25) is 0 Å². The summed E-state index contributed by atoms with van der Waals surface area (Å²) < 4.78 is 0. The Morgan fingerprint density at radius 2 is 1.76 bits per heavy atom. The SMILES string of the molecule is Cc1ccc([C@@H](N)C2CCC2)c2ccccc12. The zero-order chi connectivity index (χ0) is 11.8. The van der Waals surface area contributed by atoms with Crippen molar-refractivity contribution < 1.29 is 0 Å². The van der Waals surface area contributed by atoms with Crippen LogP contribution in [0.15, 0.2) is 36.4 Å². The summed E-state index contributed by atoms with van der Waals surface area (Å²) in [6, 6.07) is 13.3. The van der Waals surface area contributed by atoms with E-state index in [4.69, 9.17) is 5.73 Å². The maximum atomic E-state index is 6.42. The first-order valence-corrected chi connectivity index (χ1v) is 6.51. The lowest BCUT2D eigenvalue weighted by Gasteiger charge is -2.32. The number of hydrogen-bond acceptors (Lipinski definition) is 1. The molecule has 2 aromatic rings. The average Bonchev–Trinajstić information content (AvgIpc) is 2.27. The molecule has 3 rings (SSSR count). The van der Waals surface area contributed by atoms with E-state index in [1.165, 1.54) is 41.2 Å². The molecule has 0 bridgehead atoms. The lowest BCUT2D eigenvalue weighted by Crippen LogP contribution is -2.27. The Balaban J connectivity index is 2.12. The van der Waals surface area contributed by atoms with E-state index >= 15 is 0 Å². The Morgan fingerprint density at radius 3 is 2.41 bits per heavy atom. The van der Waals surface area contributed by atoms with E-state index in [2.05, 4.69) is 43.3 Å². The molecule has 1 saturated carbocycles. The first kappa shape index (κ1) is 10.8. The molecule has 2 N–H and O–H groups in total. The van der Waals surface area contributed by atoms with Gasteiger partial charge in [0.15, 0.2) is 0 Å². The van der Waals surface area contributed by atoms with E-state index in [1.54, 1.807) is 0 Å². The molecular formula is C16H19N. The van der Waals surface area contributed by atoms with Gasteiger partial charge in [-0.1, -0.05) is 42.8 Å². The van der Waals surface area contributed by atoms with Crippen LogP contribution in [0.1, 0.15) is 36.4 Å². The molecule has 0 saturated heterocycles. The van der Waals surface area contributed by atoms with Gasteiger partial charge in [0.05, 0.1) is 0 Å². The lowest BCUT2D eigenvalue weighted by molar-refractivity contribution is 0.265. The van der Waals surface area contributed by atoms with E-state index < -0.39 is 0 Å². The molecule has 1 atom stereocenters. The Hall–Kier alpha value is -1.34. The first-order valence-electron chi connectivity index (χ1n) is 6.51. The number of nitrogens with two attached hydrogens (primary N) is 1. The molecule has 0 aliphatic heterocycles. The molecule has 0 unspecified atom stereocenters. The Labute approximate surface area is 103 Å². The summed E-state index contributed by atoms with van der Waals surface area (Å²) in [7, 11) is 0. The van der Waals surface area contributed by atoms with Crippen molar-refractivity contribution in [2.75, 3.05) is 0 Å². The summed E-state index contributed by atoms with van der Waals surface area (Å²) in [5, 5.41) is 2.69. The van der Waals surface area contributed by atoms with Gasteiger partial charge < -0.3 is 5.73 Å². The first-order chi connectivity index (χ1) is 8.27. The van der Waals surface area contributed by atoms with Gasteiger partial charge >= 0.3 is 0 Å². The Morgan fingerprint density at radius 1 is 1.06 bits per heavy atom. The van der Waals surface area contributed by atoms with Crippen LogP contribution in [0.3, 0.4) is 0 Å². The maximum Gasteiger partial charge on any atom is 0.0329 e. The zero-order valence-corrected chi connectivity index (χ0v) is 10.3. The second kappa shape index (κ2) is 4.15. The fourth-order valence-corrected chi connectivity index (χ4v) is 2.82. The van der Waals surface area contributed by atoms with Crippen LogP contribution in [0.2, 0.25) is 0 Å². The van der Waals surface area contributed by atoms with Crippen LogP contribution in [0, 0.1) is 12.8 Å². The van der Waals surface area contributed by atoms with Crippen molar-refractivity contribution in [1.82, 2.24) is 0 Å². The normalized spacial score (nSPS) is 18.0. The molecule has 1 heteroatoms. The van der Waals surface area contributed by atoms with Crippen molar-refractivity contribution in [3.8, 4) is 0 Å². The number of rotatable bonds is 2. The maximum absolute atomic E-state index is 6.42. The van der Waals surface area contributed by atoms with Crippen molar-refractivity contribution in [2.45, 2.75) is 32.2 Å². The van der Waals surface area contributed by atoms with Crippen molar-refractivity contribution in [3.05, 3.63) is 47.5 Å². The van der Waals surface area contributed by atoms with E-state index in [9.17, 15) is 0 Å². The predicted molar refractivity (Wildman–Crippen MR) is 73.0 cm³/mol. The molecule has 0 spiro atoms. The molecular weight excluding hydrogens is 206 g/mol. The van der Waals surface area contributed by atoms with Crippen LogP contribution in [0.5, 0.6) is 0 Å². The third-order valence-electron chi connectivity index (χ3n) is 4.19. The minimum atomic E-state index is 0.217. The highest BCUT2D eigenvalue weighted by atomic mass is 14.7. The smallest absolute Gasteiger partial charge is 0.0329 e. The van der Waals surface area contributed by atoms with Gasteiger partial charge in [-0.15, -0.1) is 0 Å². The summed E-state index contributed by atoms with van der Waals surface area (Å²) in [4.78, 5) is 0. The quantitative estimate of drug-likeness (QED) is 0.823. The molecule has 17 heavy (non-hydrogen) atoms. The summed E-state index contributed by atoms with van der Waals surface area (Å²) >= 11 is 0. The molecule has 0 radical (unpaired) electrons. The molecule has 1 aliphatic rings. The number of hydrogen-bond donors (Lipinski definition) is 1. The van der Waals surface area contributed by atoms with Gasteiger partial charge in [-0.05, 0) is 47.6 Å². The van der Waals surface area contributed by atoms with E-state index in [-0.39, 0.29) is 6.04 Å². The fraction of sp³-hybridized carbons (Fsp3) is 0.375. The topological polar surface area (TPSA) is 26.0 Å². The molecule has 1 nitrogen and oxygen atoms in total. The van der Waals surface area contributed by atoms with Crippen LogP contribution >= 0.6 is 0 Å². The van der Waals surface area contributed by atoms with Gasteiger partial charge in [0.1, 0.15) is 0 Å². The largest absolute Gasteiger partial charge is 0.324 e. The molecule has 0 heterocycles. The van der Waals surface area contributed by atoms with Crippen LogP contribution in [-0.2, 0) is 0 Å². The zero-order valence-electron chi connectivity index (χ0n) is 10.3. The number of fused-ring (bicyclic) bond motifs is 1. The van der Waals surface area contributed by atoms with Crippen LogP contribution < -0.4 is 5.73 Å². The highest BCUT2D eigenvalue weighted by Crippen LogP contribution is 2.38. The second-order valence-electron chi connectivity index (χ2n) is 5.23. The lowest BCUT2D eigenvalue weighted by atomic mass is 9.76. The van der Waals surface area contributed by atoms with Crippen molar-refractivity contribution >= 4 is 10.8 Å². The minimum Gasteiger partial charge on any atom is -0.324 e. The number of aryl methyl sites for hydroxylation is 1. The van der Waals surface area contributed by atoms with E-state index in [1.807, 2.05) is 0 Å². The molecule has 1 aliphatic carbocycles. The molecule has 88 valence electrons. The highest BCUT2D eigenvalue weighted by Gasteiger charge is 2.26. The minimum absolute atomic E-state index is 0.217. The van der Waals surface area contributed by atoms with E-state index in [0.29, 0.717) is 5.92 Å². The Bertz CT molecular complexity index is 540. The summed E-state index contributed by atoms with van der Waals surface area (Å²) in [6.45, 7) is 2.17. The summed E-state index contributed by atoms with van der Waals surface area (Å²) in [5.41, 5.74) is 9.08.